The van der Waals surface area contributed by atoms with Crippen LogP contribution in [0.25, 0.3) is 0 Å². The van der Waals surface area contributed by atoms with E-state index >= 15 is 0 Å². The van der Waals surface area contributed by atoms with Crippen LogP contribution in [0.15, 0.2) is 42.1 Å². The van der Waals surface area contributed by atoms with Crippen molar-refractivity contribution in [2.75, 3.05) is 0 Å². The molecule has 3 nitrogen and oxygen atoms in total. The summed E-state index contributed by atoms with van der Waals surface area (Å²) in [7, 11) is 0. The maximum Gasteiger partial charge on any atom is 0.243 e. The van der Waals surface area contributed by atoms with E-state index in [4.69, 9.17) is 5.73 Å². The number of rotatable bonds is 4. The van der Waals surface area contributed by atoms with E-state index in [0.29, 0.717) is 6.54 Å². The van der Waals surface area contributed by atoms with Crippen molar-refractivity contribution in [1.82, 2.24) is 5.32 Å². The lowest BCUT2D eigenvalue weighted by atomic mass is 10.2. The Bertz CT molecular complexity index is 330. The van der Waals surface area contributed by atoms with Gasteiger partial charge < -0.3 is 11.1 Å². The quantitative estimate of drug-likeness (QED) is 0.700. The maximum atomic E-state index is 10.5. The predicted molar refractivity (Wildman–Crippen MR) is 56.2 cm³/mol. The predicted octanol–water partition coefficient (Wildman–Crippen LogP) is 1.17. The summed E-state index contributed by atoms with van der Waals surface area (Å²) < 4.78 is 0. The number of nitrogens with two attached hydrogens (primary N) is 1. The van der Waals surface area contributed by atoms with Crippen molar-refractivity contribution in [1.29, 1.82) is 0 Å². The topological polar surface area (TPSA) is 55.1 Å². The first-order valence-corrected chi connectivity index (χ1v) is 4.44. The molecule has 0 atom stereocenters. The zero-order valence-corrected chi connectivity index (χ0v) is 8.16. The summed E-state index contributed by atoms with van der Waals surface area (Å²) >= 11 is 0. The molecule has 14 heavy (non-hydrogen) atoms. The SMILES string of the molecule is C/C(=C\C(N)=O)NCc1ccccc1. The monoisotopic (exact) mass is 190 g/mol. The highest BCUT2D eigenvalue weighted by Gasteiger charge is 1.92. The molecule has 3 N–H and O–H groups in total. The molecule has 1 amide bonds. The fourth-order valence-electron chi connectivity index (χ4n) is 1.10. The molecule has 0 radical (unpaired) electrons. The molecule has 3 heteroatoms. The van der Waals surface area contributed by atoms with Gasteiger partial charge >= 0.3 is 0 Å². The highest BCUT2D eigenvalue weighted by molar-refractivity contribution is 5.86. The van der Waals surface area contributed by atoms with Gasteiger partial charge in [0, 0.05) is 18.3 Å². The summed E-state index contributed by atoms with van der Waals surface area (Å²) in [5, 5.41) is 3.09. The summed E-state index contributed by atoms with van der Waals surface area (Å²) in [6.45, 7) is 2.52. The third kappa shape index (κ3) is 3.76. The van der Waals surface area contributed by atoms with Gasteiger partial charge in [0.25, 0.3) is 0 Å². The number of benzene rings is 1. The molecule has 74 valence electrons. The van der Waals surface area contributed by atoms with Crippen molar-refractivity contribution < 1.29 is 4.79 Å². The van der Waals surface area contributed by atoms with Crippen LogP contribution < -0.4 is 11.1 Å². The van der Waals surface area contributed by atoms with Crippen molar-refractivity contribution in [3.05, 3.63) is 47.7 Å². The van der Waals surface area contributed by atoms with Crippen molar-refractivity contribution >= 4 is 5.91 Å². The molecule has 0 aromatic heterocycles. The second-order valence-electron chi connectivity index (χ2n) is 3.07. The Balaban J connectivity index is 2.45. The molecular formula is C11H14N2O. The number of hydrogen-bond acceptors (Lipinski definition) is 2. The van der Waals surface area contributed by atoms with Crippen LogP contribution in [0.5, 0.6) is 0 Å². The Morgan fingerprint density at radius 2 is 2.07 bits per heavy atom. The molecule has 0 saturated heterocycles. The highest BCUT2D eigenvalue weighted by atomic mass is 16.1. The summed E-state index contributed by atoms with van der Waals surface area (Å²) in [6, 6.07) is 9.96. The number of primary amides is 1. The summed E-state index contributed by atoms with van der Waals surface area (Å²) in [5.41, 5.74) is 6.96. The number of nitrogens with one attached hydrogen (secondary N) is 1. The summed E-state index contributed by atoms with van der Waals surface area (Å²) in [4.78, 5) is 10.5. The standard InChI is InChI=1S/C11H14N2O/c1-9(7-11(12)14)13-8-10-5-3-2-4-6-10/h2-7,13H,8H2,1H3,(H2,12,14)/b9-7+. The van der Waals surface area contributed by atoms with E-state index in [1.807, 2.05) is 37.3 Å². The zero-order valence-electron chi connectivity index (χ0n) is 8.16. The van der Waals surface area contributed by atoms with E-state index in [1.165, 1.54) is 11.6 Å². The number of carbonyl (C=O) groups excluding carboxylic acids is 1. The summed E-state index contributed by atoms with van der Waals surface area (Å²) in [5.74, 6) is -0.428. The van der Waals surface area contributed by atoms with Gasteiger partial charge in [0.15, 0.2) is 0 Å². The molecular weight excluding hydrogens is 176 g/mol. The van der Waals surface area contributed by atoms with Gasteiger partial charge in [0.05, 0.1) is 0 Å². The number of hydrogen-bond donors (Lipinski definition) is 2. The Hall–Kier alpha value is -1.77. The van der Waals surface area contributed by atoms with Gasteiger partial charge in [-0.15, -0.1) is 0 Å². The third-order valence-corrected chi connectivity index (χ3v) is 1.77. The Kier molecular flexibility index (Phi) is 3.73. The Labute approximate surface area is 83.6 Å². The van der Waals surface area contributed by atoms with Crippen molar-refractivity contribution in [3.8, 4) is 0 Å². The fraction of sp³-hybridized carbons (Fsp3) is 0.182. The lowest BCUT2D eigenvalue weighted by Gasteiger charge is -2.05. The molecule has 0 aliphatic carbocycles. The van der Waals surface area contributed by atoms with E-state index in [-0.39, 0.29) is 0 Å². The van der Waals surface area contributed by atoms with Crippen LogP contribution in [0, 0.1) is 0 Å². The summed E-state index contributed by atoms with van der Waals surface area (Å²) in [6.07, 6.45) is 1.38. The van der Waals surface area contributed by atoms with Gasteiger partial charge in [0.2, 0.25) is 5.91 Å². The molecule has 0 aliphatic rings. The maximum absolute atomic E-state index is 10.5. The van der Waals surface area contributed by atoms with Gasteiger partial charge in [-0.25, -0.2) is 0 Å². The second-order valence-corrected chi connectivity index (χ2v) is 3.07. The Morgan fingerprint density at radius 1 is 1.43 bits per heavy atom. The van der Waals surface area contributed by atoms with Crippen LogP contribution in [-0.4, -0.2) is 5.91 Å². The van der Waals surface area contributed by atoms with E-state index < -0.39 is 5.91 Å². The van der Waals surface area contributed by atoms with Crippen molar-refractivity contribution in [2.24, 2.45) is 5.73 Å². The number of carbonyl (C=O) groups is 1. The molecule has 1 rings (SSSR count). The van der Waals surface area contributed by atoms with Gasteiger partial charge in [-0.3, -0.25) is 4.79 Å². The van der Waals surface area contributed by atoms with E-state index in [1.54, 1.807) is 0 Å². The lowest BCUT2D eigenvalue weighted by molar-refractivity contribution is -0.113. The molecule has 0 saturated carbocycles. The van der Waals surface area contributed by atoms with Crippen LogP contribution in [0.4, 0.5) is 0 Å². The fourth-order valence-corrected chi connectivity index (χ4v) is 1.10. The third-order valence-electron chi connectivity index (χ3n) is 1.77. The minimum Gasteiger partial charge on any atom is -0.384 e. The minimum atomic E-state index is -0.428. The van der Waals surface area contributed by atoms with Gasteiger partial charge in [-0.05, 0) is 12.5 Å². The molecule has 0 heterocycles. The average Bonchev–Trinajstić information content (AvgIpc) is 2.15. The first-order chi connectivity index (χ1) is 6.68. The van der Waals surface area contributed by atoms with Crippen molar-refractivity contribution in [3.63, 3.8) is 0 Å². The van der Waals surface area contributed by atoms with Gasteiger partial charge in [0.1, 0.15) is 0 Å². The largest absolute Gasteiger partial charge is 0.384 e. The molecule has 0 bridgehead atoms. The normalized spacial score (nSPS) is 11.1. The smallest absolute Gasteiger partial charge is 0.243 e. The van der Waals surface area contributed by atoms with Crippen LogP contribution in [-0.2, 0) is 11.3 Å². The van der Waals surface area contributed by atoms with E-state index in [0.717, 1.165) is 5.70 Å². The van der Waals surface area contributed by atoms with Gasteiger partial charge in [-0.1, -0.05) is 30.3 Å². The number of amides is 1. The van der Waals surface area contributed by atoms with Crippen LogP contribution in [0.2, 0.25) is 0 Å². The zero-order chi connectivity index (χ0) is 10.4. The lowest BCUT2D eigenvalue weighted by Crippen LogP contribution is -2.14. The minimum absolute atomic E-state index is 0.428. The van der Waals surface area contributed by atoms with Gasteiger partial charge in [-0.2, -0.15) is 0 Å². The van der Waals surface area contributed by atoms with Crippen LogP contribution in [0.3, 0.4) is 0 Å². The number of allylic oxidation sites excluding steroid dienone is 1. The molecule has 0 fully saturated rings. The average molecular weight is 190 g/mol. The molecule has 1 aromatic carbocycles. The van der Waals surface area contributed by atoms with Crippen LogP contribution in [0.1, 0.15) is 12.5 Å². The van der Waals surface area contributed by atoms with Crippen molar-refractivity contribution in [2.45, 2.75) is 13.5 Å². The van der Waals surface area contributed by atoms with E-state index in [9.17, 15) is 4.79 Å². The first kappa shape index (κ1) is 10.3. The molecule has 1 aromatic rings. The van der Waals surface area contributed by atoms with Crippen LogP contribution >= 0.6 is 0 Å². The molecule has 0 aliphatic heterocycles. The first-order valence-electron chi connectivity index (χ1n) is 4.44. The Morgan fingerprint density at radius 3 is 2.64 bits per heavy atom. The van der Waals surface area contributed by atoms with E-state index in [2.05, 4.69) is 5.32 Å². The molecule has 0 spiro atoms. The highest BCUT2D eigenvalue weighted by Crippen LogP contribution is 1.98. The molecule has 0 unspecified atom stereocenters. The second kappa shape index (κ2) is 5.07.